The SMILES string of the molecule is COc1ccc([C@@H]2C[C@@H](C(F)(F)F)n3nc(C(=O)Nc4ccc(OC)c(OC)c4)cc3N2)cc1. The van der Waals surface area contributed by atoms with Crippen molar-refractivity contribution in [1.82, 2.24) is 9.78 Å². The molecule has 0 saturated carbocycles. The highest BCUT2D eigenvalue weighted by Crippen LogP contribution is 2.44. The Hall–Kier alpha value is -3.89. The molecule has 3 aromatic rings. The van der Waals surface area contributed by atoms with Crippen LogP contribution in [0.25, 0.3) is 0 Å². The molecule has 1 aliphatic heterocycles. The molecule has 0 bridgehead atoms. The fourth-order valence-electron chi connectivity index (χ4n) is 3.85. The topological polar surface area (TPSA) is 86.6 Å². The van der Waals surface area contributed by atoms with Gasteiger partial charge in [0.05, 0.1) is 27.4 Å². The number of nitrogens with zero attached hydrogens (tertiary/aromatic N) is 2. The van der Waals surface area contributed by atoms with Gasteiger partial charge in [-0.25, -0.2) is 4.68 Å². The number of carbonyl (C=O) groups excluding carboxylic acids is 1. The van der Waals surface area contributed by atoms with Crippen molar-refractivity contribution in [3.63, 3.8) is 0 Å². The van der Waals surface area contributed by atoms with Crippen LogP contribution >= 0.6 is 0 Å². The van der Waals surface area contributed by atoms with Crippen LogP contribution in [0.3, 0.4) is 0 Å². The maximum absolute atomic E-state index is 13.9. The molecule has 2 N–H and O–H groups in total. The van der Waals surface area contributed by atoms with Crippen molar-refractivity contribution in [2.45, 2.75) is 24.7 Å². The number of amides is 1. The maximum atomic E-state index is 13.9. The third kappa shape index (κ3) is 4.59. The van der Waals surface area contributed by atoms with Gasteiger partial charge in [-0.05, 0) is 29.8 Å². The van der Waals surface area contributed by atoms with Gasteiger partial charge in [0, 0.05) is 24.2 Å². The van der Waals surface area contributed by atoms with E-state index in [1.165, 1.54) is 27.4 Å². The van der Waals surface area contributed by atoms with Crippen molar-refractivity contribution >= 4 is 17.4 Å². The number of carbonyl (C=O) groups is 1. The van der Waals surface area contributed by atoms with E-state index in [0.29, 0.717) is 28.5 Å². The zero-order valence-corrected chi connectivity index (χ0v) is 18.6. The van der Waals surface area contributed by atoms with Crippen LogP contribution in [0.5, 0.6) is 17.2 Å². The quantitative estimate of drug-likeness (QED) is 0.531. The first kappa shape index (κ1) is 23.3. The number of hydrogen-bond acceptors (Lipinski definition) is 6. The van der Waals surface area contributed by atoms with Gasteiger partial charge in [0.15, 0.2) is 23.2 Å². The van der Waals surface area contributed by atoms with Crippen LogP contribution in [0.4, 0.5) is 24.7 Å². The molecular weight excluding hydrogens is 453 g/mol. The highest BCUT2D eigenvalue weighted by molar-refractivity contribution is 6.03. The van der Waals surface area contributed by atoms with Crippen molar-refractivity contribution < 1.29 is 32.2 Å². The molecule has 1 amide bonds. The lowest BCUT2D eigenvalue weighted by Gasteiger charge is -2.33. The van der Waals surface area contributed by atoms with Crippen LogP contribution in [0.15, 0.2) is 48.5 Å². The van der Waals surface area contributed by atoms with Gasteiger partial charge in [0.1, 0.15) is 11.6 Å². The minimum absolute atomic E-state index is 0.104. The third-order valence-corrected chi connectivity index (χ3v) is 5.58. The molecule has 1 aromatic heterocycles. The van der Waals surface area contributed by atoms with Gasteiger partial charge in [-0.3, -0.25) is 4.79 Å². The summed E-state index contributed by atoms with van der Waals surface area (Å²) in [5.41, 5.74) is 0.894. The lowest BCUT2D eigenvalue weighted by Crippen LogP contribution is -2.35. The van der Waals surface area contributed by atoms with Crippen LogP contribution in [0.1, 0.15) is 34.6 Å². The van der Waals surface area contributed by atoms with E-state index in [1.54, 1.807) is 42.5 Å². The average molecular weight is 476 g/mol. The van der Waals surface area contributed by atoms with Crippen LogP contribution in [0, 0.1) is 0 Å². The van der Waals surface area contributed by atoms with Gasteiger partial charge in [0.25, 0.3) is 5.91 Å². The van der Waals surface area contributed by atoms with Gasteiger partial charge in [-0.15, -0.1) is 0 Å². The first-order valence-corrected chi connectivity index (χ1v) is 10.3. The molecule has 2 heterocycles. The Labute approximate surface area is 193 Å². The minimum atomic E-state index is -4.55. The second kappa shape index (κ2) is 9.16. The molecular formula is C23H23F3N4O4. The summed E-state index contributed by atoms with van der Waals surface area (Å²) < 4.78 is 58.0. The van der Waals surface area contributed by atoms with E-state index in [2.05, 4.69) is 15.7 Å². The standard InChI is InChI=1S/C23H23F3N4O4/c1-32-15-7-4-13(5-8-15)16-11-20(23(24,25)26)30-21(28-16)12-17(29-30)22(31)27-14-6-9-18(33-2)19(10-14)34-3/h4-10,12,16,20,28H,11H2,1-3H3,(H,27,31)/t16-,20-/m0/s1. The van der Waals surface area contributed by atoms with Gasteiger partial charge < -0.3 is 24.8 Å². The van der Waals surface area contributed by atoms with E-state index < -0.39 is 24.2 Å². The molecule has 11 heteroatoms. The van der Waals surface area contributed by atoms with Gasteiger partial charge in [-0.2, -0.15) is 18.3 Å². The molecule has 0 spiro atoms. The third-order valence-electron chi connectivity index (χ3n) is 5.58. The zero-order valence-electron chi connectivity index (χ0n) is 18.6. The van der Waals surface area contributed by atoms with Crippen LogP contribution in [-0.4, -0.2) is 43.2 Å². The first-order chi connectivity index (χ1) is 16.2. The largest absolute Gasteiger partial charge is 0.497 e. The Balaban J connectivity index is 1.61. The number of benzene rings is 2. The molecule has 4 rings (SSSR count). The average Bonchev–Trinajstić information content (AvgIpc) is 3.27. The van der Waals surface area contributed by atoms with Crippen molar-refractivity contribution in [3.8, 4) is 17.2 Å². The Morgan fingerprint density at radius 3 is 2.35 bits per heavy atom. The first-order valence-electron chi connectivity index (χ1n) is 10.3. The number of rotatable bonds is 6. The number of methoxy groups -OCH3 is 3. The van der Waals surface area contributed by atoms with Crippen LogP contribution < -0.4 is 24.8 Å². The second-order valence-electron chi connectivity index (χ2n) is 7.65. The number of ether oxygens (including phenoxy) is 3. The summed E-state index contributed by atoms with van der Waals surface area (Å²) in [4.78, 5) is 12.8. The fraction of sp³-hybridized carbons (Fsp3) is 0.304. The Morgan fingerprint density at radius 2 is 1.74 bits per heavy atom. The number of anilines is 2. The molecule has 0 aliphatic carbocycles. The Morgan fingerprint density at radius 1 is 1.03 bits per heavy atom. The molecule has 0 saturated heterocycles. The number of halogens is 3. The predicted octanol–water partition coefficient (Wildman–Crippen LogP) is 4.82. The van der Waals surface area contributed by atoms with Gasteiger partial charge in [0.2, 0.25) is 0 Å². The van der Waals surface area contributed by atoms with Crippen molar-refractivity contribution in [2.75, 3.05) is 32.0 Å². The molecule has 8 nitrogen and oxygen atoms in total. The maximum Gasteiger partial charge on any atom is 0.410 e. The molecule has 1 aliphatic rings. The molecule has 2 aromatic carbocycles. The predicted molar refractivity (Wildman–Crippen MR) is 119 cm³/mol. The second-order valence-corrected chi connectivity index (χ2v) is 7.65. The molecule has 0 radical (unpaired) electrons. The van der Waals surface area contributed by atoms with E-state index in [4.69, 9.17) is 14.2 Å². The number of alkyl halides is 3. The van der Waals surface area contributed by atoms with E-state index in [0.717, 1.165) is 4.68 Å². The normalized spacial score (nSPS) is 17.4. The highest BCUT2D eigenvalue weighted by atomic mass is 19.4. The highest BCUT2D eigenvalue weighted by Gasteiger charge is 2.46. The summed E-state index contributed by atoms with van der Waals surface area (Å²) in [6, 6.07) is 10.3. The lowest BCUT2D eigenvalue weighted by atomic mass is 9.97. The monoisotopic (exact) mass is 476 g/mol. The minimum Gasteiger partial charge on any atom is -0.497 e. The molecule has 34 heavy (non-hydrogen) atoms. The lowest BCUT2D eigenvalue weighted by molar-refractivity contribution is -0.173. The zero-order chi connectivity index (χ0) is 24.5. The van der Waals surface area contributed by atoms with E-state index in [-0.39, 0.29) is 17.9 Å². The molecule has 0 fully saturated rings. The number of nitrogens with one attached hydrogen (secondary N) is 2. The summed E-state index contributed by atoms with van der Waals surface area (Å²) in [7, 11) is 4.45. The van der Waals surface area contributed by atoms with Crippen molar-refractivity contribution in [2.24, 2.45) is 0 Å². The summed E-state index contributed by atoms with van der Waals surface area (Å²) in [6.07, 6.45) is -4.83. The van der Waals surface area contributed by atoms with Gasteiger partial charge >= 0.3 is 6.18 Å². The number of hydrogen-bond donors (Lipinski definition) is 2. The summed E-state index contributed by atoms with van der Waals surface area (Å²) in [6.45, 7) is 0. The van der Waals surface area contributed by atoms with Crippen LogP contribution in [-0.2, 0) is 0 Å². The molecule has 2 atom stereocenters. The smallest absolute Gasteiger partial charge is 0.410 e. The Bertz CT molecular complexity index is 1180. The van der Waals surface area contributed by atoms with Gasteiger partial charge in [-0.1, -0.05) is 12.1 Å². The summed E-state index contributed by atoms with van der Waals surface area (Å²) in [5.74, 6) is 0.918. The fourth-order valence-corrected chi connectivity index (χ4v) is 3.85. The summed E-state index contributed by atoms with van der Waals surface area (Å²) in [5, 5.41) is 9.67. The van der Waals surface area contributed by atoms with Crippen LogP contribution in [0.2, 0.25) is 0 Å². The van der Waals surface area contributed by atoms with E-state index in [9.17, 15) is 18.0 Å². The number of aromatic nitrogens is 2. The summed E-state index contributed by atoms with van der Waals surface area (Å²) >= 11 is 0. The van der Waals surface area contributed by atoms with Crippen molar-refractivity contribution in [3.05, 3.63) is 59.8 Å². The molecule has 180 valence electrons. The van der Waals surface area contributed by atoms with E-state index in [1.807, 2.05) is 0 Å². The van der Waals surface area contributed by atoms with Crippen molar-refractivity contribution in [1.29, 1.82) is 0 Å². The number of fused-ring (bicyclic) bond motifs is 1. The Kier molecular flexibility index (Phi) is 6.27. The van der Waals surface area contributed by atoms with E-state index >= 15 is 0 Å². The molecule has 0 unspecified atom stereocenters.